The number of nitrogens with zero attached hydrogens (tertiary/aromatic N) is 3. The first kappa shape index (κ1) is 15.6. The summed E-state index contributed by atoms with van der Waals surface area (Å²) in [4.78, 5) is 11.8. The maximum Gasteiger partial charge on any atom is 0.360 e. The fraction of sp³-hybridized carbons (Fsp3) is 0.769. The number of hydrogen-bond donors (Lipinski definition) is 1. The van der Waals surface area contributed by atoms with Crippen molar-refractivity contribution in [2.24, 2.45) is 0 Å². The summed E-state index contributed by atoms with van der Waals surface area (Å²) in [6.45, 7) is 8.06. The summed E-state index contributed by atoms with van der Waals surface area (Å²) < 4.78 is 6.58. The first-order chi connectivity index (χ1) is 8.95. The summed E-state index contributed by atoms with van der Waals surface area (Å²) in [5.41, 5.74) is 0.132. The Morgan fingerprint density at radius 2 is 2.11 bits per heavy atom. The molecule has 0 fully saturated rings. The third-order valence-electron chi connectivity index (χ3n) is 3.05. The summed E-state index contributed by atoms with van der Waals surface area (Å²) in [5, 5.41) is 18.0. The van der Waals surface area contributed by atoms with Crippen LogP contribution in [0.25, 0.3) is 0 Å². The number of ether oxygens (including phenoxy) is 1. The van der Waals surface area contributed by atoms with Crippen LogP contribution in [-0.4, -0.2) is 38.3 Å². The number of aliphatic hydroxyl groups is 1. The van der Waals surface area contributed by atoms with Crippen LogP contribution in [0.4, 0.5) is 0 Å². The van der Waals surface area contributed by atoms with E-state index < -0.39 is 11.6 Å². The van der Waals surface area contributed by atoms with Gasteiger partial charge in [-0.3, -0.25) is 0 Å². The molecule has 1 aromatic heterocycles. The van der Waals surface area contributed by atoms with Gasteiger partial charge < -0.3 is 9.84 Å². The van der Waals surface area contributed by atoms with Gasteiger partial charge in [-0.15, -0.1) is 5.10 Å². The van der Waals surface area contributed by atoms with Crippen molar-refractivity contribution >= 4 is 5.97 Å². The lowest BCUT2D eigenvalue weighted by Gasteiger charge is -2.21. The number of rotatable bonds is 7. The minimum atomic E-state index is -0.859. The van der Waals surface area contributed by atoms with E-state index in [9.17, 15) is 9.90 Å². The van der Waals surface area contributed by atoms with E-state index in [2.05, 4.69) is 10.3 Å². The molecule has 0 aliphatic rings. The van der Waals surface area contributed by atoms with Crippen molar-refractivity contribution in [2.75, 3.05) is 6.61 Å². The lowest BCUT2D eigenvalue weighted by molar-refractivity contribution is 0.0329. The van der Waals surface area contributed by atoms with Gasteiger partial charge in [0.1, 0.15) is 0 Å². The van der Waals surface area contributed by atoms with E-state index in [1.54, 1.807) is 18.5 Å². The number of carbonyl (C=O) groups excluding carboxylic acids is 1. The highest BCUT2D eigenvalue weighted by atomic mass is 16.5. The number of esters is 1. The van der Waals surface area contributed by atoms with Crippen molar-refractivity contribution in [3.05, 3.63) is 11.4 Å². The van der Waals surface area contributed by atoms with Gasteiger partial charge in [-0.05, 0) is 26.7 Å². The van der Waals surface area contributed by atoms with E-state index in [1.807, 2.05) is 13.8 Å². The van der Waals surface area contributed by atoms with Crippen LogP contribution in [0.1, 0.15) is 56.7 Å². The summed E-state index contributed by atoms with van der Waals surface area (Å²) in [5.74, 6) is -0.451. The molecule has 0 aliphatic carbocycles. The highest BCUT2D eigenvalue weighted by molar-refractivity contribution is 5.88. The van der Waals surface area contributed by atoms with Gasteiger partial charge in [0, 0.05) is 0 Å². The molecule has 1 atom stereocenters. The molecule has 108 valence electrons. The number of carbonyl (C=O) groups is 1. The Labute approximate surface area is 113 Å². The molecular formula is C13H23N3O3. The lowest BCUT2D eigenvalue weighted by Crippen LogP contribution is -2.31. The molecule has 0 saturated heterocycles. The van der Waals surface area contributed by atoms with E-state index in [0.717, 1.165) is 12.1 Å². The smallest absolute Gasteiger partial charge is 0.360 e. The largest absolute Gasteiger partial charge is 0.461 e. The van der Waals surface area contributed by atoms with Crippen LogP contribution in [-0.2, 0) is 17.7 Å². The van der Waals surface area contributed by atoms with Gasteiger partial charge in [-0.2, -0.15) is 0 Å². The third kappa shape index (κ3) is 4.02. The van der Waals surface area contributed by atoms with E-state index in [-0.39, 0.29) is 5.69 Å². The fourth-order valence-electron chi connectivity index (χ4n) is 1.74. The second kappa shape index (κ2) is 6.65. The second-order valence-electron chi connectivity index (χ2n) is 4.86. The third-order valence-corrected chi connectivity index (χ3v) is 3.05. The Bertz CT molecular complexity index is 427. The van der Waals surface area contributed by atoms with Crippen LogP contribution >= 0.6 is 0 Å². The average molecular weight is 269 g/mol. The molecule has 0 spiro atoms. The van der Waals surface area contributed by atoms with Gasteiger partial charge >= 0.3 is 5.97 Å². The molecule has 19 heavy (non-hydrogen) atoms. The molecule has 1 heterocycles. The Morgan fingerprint density at radius 3 is 2.63 bits per heavy atom. The van der Waals surface area contributed by atoms with Crippen molar-refractivity contribution < 1.29 is 14.6 Å². The van der Waals surface area contributed by atoms with Crippen molar-refractivity contribution in [3.63, 3.8) is 0 Å². The van der Waals surface area contributed by atoms with Crippen LogP contribution in [0.3, 0.4) is 0 Å². The van der Waals surface area contributed by atoms with E-state index in [4.69, 9.17) is 4.74 Å². The van der Waals surface area contributed by atoms with E-state index in [1.165, 1.54) is 0 Å². The van der Waals surface area contributed by atoms with Crippen LogP contribution in [0.15, 0.2) is 0 Å². The maximum atomic E-state index is 11.8. The monoisotopic (exact) mass is 269 g/mol. The zero-order valence-electron chi connectivity index (χ0n) is 12.1. The van der Waals surface area contributed by atoms with Crippen molar-refractivity contribution in [2.45, 2.75) is 59.1 Å². The topological polar surface area (TPSA) is 77.2 Å². The Morgan fingerprint density at radius 1 is 1.42 bits per heavy atom. The second-order valence-corrected chi connectivity index (χ2v) is 4.86. The summed E-state index contributed by atoms with van der Waals surface area (Å²) in [6.07, 6.45) is 2.15. The summed E-state index contributed by atoms with van der Waals surface area (Å²) in [7, 11) is 0. The first-order valence-corrected chi connectivity index (χ1v) is 6.77. The predicted octanol–water partition coefficient (Wildman–Crippen LogP) is 1.57. The summed E-state index contributed by atoms with van der Waals surface area (Å²) in [6, 6.07) is 0. The Hall–Kier alpha value is -1.43. The molecule has 0 amide bonds. The minimum absolute atomic E-state index is 0.260. The number of aromatic nitrogens is 3. The Balaban J connectivity index is 3.02. The molecule has 1 aromatic rings. The SMILES string of the molecule is CCCc1c(C(=O)OCC)nnn1CC(C)(O)CC. The van der Waals surface area contributed by atoms with Crippen LogP contribution in [0, 0.1) is 0 Å². The molecular weight excluding hydrogens is 246 g/mol. The molecule has 0 aliphatic heterocycles. The van der Waals surface area contributed by atoms with Gasteiger partial charge in [0.25, 0.3) is 0 Å². The molecule has 0 aromatic carbocycles. The molecule has 0 radical (unpaired) electrons. The normalized spacial score (nSPS) is 14.2. The molecule has 0 saturated carbocycles. The maximum absolute atomic E-state index is 11.8. The first-order valence-electron chi connectivity index (χ1n) is 6.77. The van der Waals surface area contributed by atoms with Crippen LogP contribution < -0.4 is 0 Å². The quantitative estimate of drug-likeness (QED) is 0.760. The van der Waals surface area contributed by atoms with Gasteiger partial charge in [0.2, 0.25) is 0 Å². The fourth-order valence-corrected chi connectivity index (χ4v) is 1.74. The molecule has 6 nitrogen and oxygen atoms in total. The molecule has 1 unspecified atom stereocenters. The highest BCUT2D eigenvalue weighted by Gasteiger charge is 2.25. The van der Waals surface area contributed by atoms with Crippen molar-refractivity contribution in [3.8, 4) is 0 Å². The van der Waals surface area contributed by atoms with Crippen molar-refractivity contribution in [1.82, 2.24) is 15.0 Å². The van der Waals surface area contributed by atoms with E-state index in [0.29, 0.717) is 26.0 Å². The predicted molar refractivity (Wildman–Crippen MR) is 70.9 cm³/mol. The van der Waals surface area contributed by atoms with E-state index >= 15 is 0 Å². The summed E-state index contributed by atoms with van der Waals surface area (Å²) >= 11 is 0. The lowest BCUT2D eigenvalue weighted by atomic mass is 10.0. The average Bonchev–Trinajstić information content (AvgIpc) is 2.73. The molecule has 1 rings (SSSR count). The van der Waals surface area contributed by atoms with Gasteiger partial charge in [-0.25, -0.2) is 9.48 Å². The van der Waals surface area contributed by atoms with Gasteiger partial charge in [0.05, 0.1) is 24.4 Å². The van der Waals surface area contributed by atoms with Crippen molar-refractivity contribution in [1.29, 1.82) is 0 Å². The van der Waals surface area contributed by atoms with Gasteiger partial charge in [-0.1, -0.05) is 25.5 Å². The van der Waals surface area contributed by atoms with Crippen LogP contribution in [0.2, 0.25) is 0 Å². The molecule has 0 bridgehead atoms. The highest BCUT2D eigenvalue weighted by Crippen LogP contribution is 2.16. The zero-order chi connectivity index (χ0) is 14.5. The van der Waals surface area contributed by atoms with Gasteiger partial charge in [0.15, 0.2) is 5.69 Å². The molecule has 6 heteroatoms. The van der Waals surface area contributed by atoms with Crippen LogP contribution in [0.5, 0.6) is 0 Å². The molecule has 1 N–H and O–H groups in total. The standard InChI is InChI=1S/C13H23N3O3/c1-5-8-10-11(12(17)19-7-3)14-15-16(10)9-13(4,18)6-2/h18H,5-9H2,1-4H3. The Kier molecular flexibility index (Phi) is 5.47. The minimum Gasteiger partial charge on any atom is -0.461 e. The zero-order valence-corrected chi connectivity index (χ0v) is 12.1. The number of hydrogen-bond acceptors (Lipinski definition) is 5.